The number of ether oxygens (including phenoxy) is 2. The van der Waals surface area contributed by atoms with Crippen molar-refractivity contribution in [2.75, 3.05) is 31.4 Å². The number of methoxy groups -OCH3 is 1. The van der Waals surface area contributed by atoms with Gasteiger partial charge in [0.25, 0.3) is 0 Å². The highest BCUT2D eigenvalue weighted by atomic mass is 32.1. The third-order valence-corrected chi connectivity index (χ3v) is 5.60. The molecule has 34 heavy (non-hydrogen) atoms. The first-order valence-corrected chi connectivity index (χ1v) is 11.6. The average Bonchev–Trinajstić information content (AvgIpc) is 3.22. The van der Waals surface area contributed by atoms with Gasteiger partial charge in [-0.05, 0) is 50.6 Å². The van der Waals surface area contributed by atoms with Crippen LogP contribution in [0.2, 0.25) is 0 Å². The maximum Gasteiger partial charge on any atom is 0.413 e. The Kier molecular flexibility index (Phi) is 8.07. The van der Waals surface area contributed by atoms with E-state index in [0.29, 0.717) is 10.9 Å². The first kappa shape index (κ1) is 25.0. The van der Waals surface area contributed by atoms with Gasteiger partial charge in [-0.25, -0.2) is 9.78 Å². The van der Waals surface area contributed by atoms with E-state index in [1.165, 1.54) is 17.0 Å². The molecule has 0 spiro atoms. The number of thiazole rings is 1. The van der Waals surface area contributed by atoms with Gasteiger partial charge >= 0.3 is 6.09 Å². The molecule has 8 heteroatoms. The second kappa shape index (κ2) is 11.0. The van der Waals surface area contributed by atoms with Crippen molar-refractivity contribution in [2.45, 2.75) is 26.4 Å². The normalized spacial score (nSPS) is 10.8. The predicted octanol–water partition coefficient (Wildman–Crippen LogP) is 6.47. The molecule has 0 fully saturated rings. The molecule has 0 aliphatic heterocycles. The molecule has 7 nitrogen and oxygen atoms in total. The summed E-state index contributed by atoms with van der Waals surface area (Å²) in [7, 11) is 5.63. The van der Waals surface area contributed by atoms with Gasteiger partial charge in [0.1, 0.15) is 16.9 Å². The van der Waals surface area contributed by atoms with Crippen LogP contribution in [0.25, 0.3) is 21.3 Å². The van der Waals surface area contributed by atoms with Gasteiger partial charge in [-0.2, -0.15) is 0 Å². The maximum absolute atomic E-state index is 12.0. The van der Waals surface area contributed by atoms with E-state index in [0.717, 1.165) is 21.3 Å². The van der Waals surface area contributed by atoms with Gasteiger partial charge in [0, 0.05) is 37.7 Å². The number of benzene rings is 2. The molecule has 1 N–H and O–H groups in total. The van der Waals surface area contributed by atoms with Crippen molar-refractivity contribution >= 4 is 38.5 Å². The molecule has 0 saturated heterocycles. The molecule has 2 heterocycles. The quantitative estimate of drug-likeness (QED) is 0.362. The van der Waals surface area contributed by atoms with Crippen LogP contribution in [0.3, 0.4) is 0 Å². The summed E-state index contributed by atoms with van der Waals surface area (Å²) in [5, 5.41) is 3.19. The fraction of sp³-hybridized carbons (Fsp3) is 0.269. The molecule has 4 aromatic rings. The highest BCUT2D eigenvalue weighted by Crippen LogP contribution is 2.39. The smallest absolute Gasteiger partial charge is 0.413 e. The molecule has 0 saturated carbocycles. The Labute approximate surface area is 204 Å². The highest BCUT2D eigenvalue weighted by Gasteiger charge is 2.19. The van der Waals surface area contributed by atoms with Gasteiger partial charge in [0.2, 0.25) is 0 Å². The molecule has 0 aliphatic rings. The molecular weight excluding hydrogens is 448 g/mol. The third kappa shape index (κ3) is 6.68. The van der Waals surface area contributed by atoms with Crippen molar-refractivity contribution in [2.24, 2.45) is 0 Å². The molecule has 0 unspecified atom stereocenters. The zero-order valence-corrected chi connectivity index (χ0v) is 21.1. The number of nitrogens with zero attached hydrogens (tertiary/aromatic N) is 3. The Morgan fingerprint density at radius 2 is 1.68 bits per heavy atom. The van der Waals surface area contributed by atoms with Gasteiger partial charge in [-0.15, -0.1) is 0 Å². The monoisotopic (exact) mass is 478 g/mol. The summed E-state index contributed by atoms with van der Waals surface area (Å²) in [5.41, 5.74) is 3.48. The second-order valence-electron chi connectivity index (χ2n) is 8.60. The molecule has 1 amide bonds. The van der Waals surface area contributed by atoms with Crippen LogP contribution in [0.15, 0.2) is 67.0 Å². The van der Waals surface area contributed by atoms with E-state index >= 15 is 0 Å². The average molecular weight is 479 g/mol. The van der Waals surface area contributed by atoms with Crippen LogP contribution in [0.4, 0.5) is 15.6 Å². The number of anilines is 2. The topological polar surface area (TPSA) is 76.6 Å². The van der Waals surface area contributed by atoms with Crippen molar-refractivity contribution in [3.05, 3.63) is 67.0 Å². The van der Waals surface area contributed by atoms with Crippen molar-refractivity contribution in [1.29, 1.82) is 0 Å². The second-order valence-corrected chi connectivity index (χ2v) is 9.60. The van der Waals surface area contributed by atoms with E-state index in [4.69, 9.17) is 9.47 Å². The van der Waals surface area contributed by atoms with Crippen molar-refractivity contribution in [3.63, 3.8) is 0 Å². The maximum atomic E-state index is 12.0. The molecule has 0 aliphatic carbocycles. The van der Waals surface area contributed by atoms with E-state index < -0.39 is 11.7 Å². The molecule has 2 aromatic carbocycles. The van der Waals surface area contributed by atoms with Gasteiger partial charge in [0.05, 0.1) is 11.8 Å². The minimum Gasteiger partial charge on any atom is -0.494 e. The number of carbonyl (C=O) groups is 1. The Hall–Kier alpha value is -3.65. The van der Waals surface area contributed by atoms with E-state index in [2.05, 4.69) is 15.3 Å². The Morgan fingerprint density at radius 3 is 2.24 bits per heavy atom. The number of fused-ring (bicyclic) bond motifs is 1. The van der Waals surface area contributed by atoms with Crippen molar-refractivity contribution < 1.29 is 14.3 Å². The number of hydrogen-bond acceptors (Lipinski definition) is 7. The van der Waals surface area contributed by atoms with Crippen LogP contribution in [0, 0.1) is 0 Å². The summed E-state index contributed by atoms with van der Waals surface area (Å²) in [6.45, 7) is 5.46. The fourth-order valence-corrected chi connectivity index (χ4v) is 4.08. The van der Waals surface area contributed by atoms with Crippen LogP contribution in [-0.2, 0) is 4.74 Å². The molecule has 0 bridgehead atoms. The molecule has 178 valence electrons. The van der Waals surface area contributed by atoms with Crippen LogP contribution >= 0.6 is 11.3 Å². The lowest BCUT2D eigenvalue weighted by Gasteiger charge is -2.18. The number of rotatable bonds is 4. The number of hydrogen-bond donors (Lipinski definition) is 1. The lowest BCUT2D eigenvalue weighted by Crippen LogP contribution is -2.27. The first-order valence-electron chi connectivity index (χ1n) is 10.8. The number of amides is 1. The van der Waals surface area contributed by atoms with Gasteiger partial charge < -0.3 is 14.4 Å². The van der Waals surface area contributed by atoms with Crippen LogP contribution in [0.5, 0.6) is 5.75 Å². The minimum absolute atomic E-state index is 0.478. The Morgan fingerprint density at radius 1 is 1.00 bits per heavy atom. The van der Waals surface area contributed by atoms with Gasteiger partial charge in [-0.3, -0.25) is 10.3 Å². The standard InChI is InChI=1S/C19H20N2O3S.C7H10N2/c1-19(2,3)24-18(22)21-17-20-15-14(23-4)11-10-13(16(15)25-17)12-8-6-5-7-9-12;1-9(2)7-3-5-8-6-4-7/h5-11H,1-4H3,(H,20,21,22);3-6H,1-2H3. The molecule has 4 rings (SSSR count). The number of pyridine rings is 1. The summed E-state index contributed by atoms with van der Waals surface area (Å²) >= 11 is 1.40. The van der Waals surface area contributed by atoms with E-state index in [-0.39, 0.29) is 0 Å². The lowest BCUT2D eigenvalue weighted by molar-refractivity contribution is 0.0636. The van der Waals surface area contributed by atoms with Crippen molar-refractivity contribution in [1.82, 2.24) is 9.97 Å². The van der Waals surface area contributed by atoms with E-state index in [9.17, 15) is 4.79 Å². The van der Waals surface area contributed by atoms with Crippen LogP contribution in [-0.4, -0.2) is 42.9 Å². The largest absolute Gasteiger partial charge is 0.494 e. The molecule has 2 aromatic heterocycles. The van der Waals surface area contributed by atoms with Crippen LogP contribution in [0.1, 0.15) is 20.8 Å². The first-order chi connectivity index (χ1) is 16.2. The summed E-state index contributed by atoms with van der Waals surface area (Å²) < 4.78 is 11.7. The molecule has 0 atom stereocenters. The highest BCUT2D eigenvalue weighted by molar-refractivity contribution is 7.23. The summed E-state index contributed by atoms with van der Waals surface area (Å²) in [6.07, 6.45) is 3.05. The predicted molar refractivity (Wildman–Crippen MR) is 140 cm³/mol. The Balaban J connectivity index is 0.000000302. The zero-order valence-electron chi connectivity index (χ0n) is 20.3. The minimum atomic E-state index is -0.562. The van der Waals surface area contributed by atoms with Crippen LogP contribution < -0.4 is 15.0 Å². The van der Waals surface area contributed by atoms with Gasteiger partial charge in [0.15, 0.2) is 5.13 Å². The Bertz CT molecular complexity index is 1220. The molecule has 0 radical (unpaired) electrons. The molecular formula is C26H30N4O3S. The SMILES string of the molecule is CN(C)c1ccncc1.COc1ccc(-c2ccccc2)c2sc(NC(=O)OC(C)(C)C)nc12. The van der Waals surface area contributed by atoms with E-state index in [1.807, 2.05) is 94.4 Å². The summed E-state index contributed by atoms with van der Waals surface area (Å²) in [5.74, 6) is 0.670. The zero-order chi connectivity index (χ0) is 24.7. The summed E-state index contributed by atoms with van der Waals surface area (Å²) in [4.78, 5) is 22.5. The van der Waals surface area contributed by atoms with Gasteiger partial charge in [-0.1, -0.05) is 41.7 Å². The lowest BCUT2D eigenvalue weighted by atomic mass is 10.1. The third-order valence-electron chi connectivity index (χ3n) is 4.60. The van der Waals surface area contributed by atoms with E-state index in [1.54, 1.807) is 19.5 Å². The summed E-state index contributed by atoms with van der Waals surface area (Å²) in [6, 6.07) is 17.9. The number of nitrogens with one attached hydrogen (secondary N) is 1. The number of aromatic nitrogens is 2. The van der Waals surface area contributed by atoms with Crippen molar-refractivity contribution in [3.8, 4) is 16.9 Å². The number of carbonyl (C=O) groups excluding carboxylic acids is 1. The fourth-order valence-electron chi connectivity index (χ4n) is 3.08.